The van der Waals surface area contributed by atoms with Gasteiger partial charge in [0, 0.05) is 12.4 Å². The number of rotatable bonds is 4. The number of anilines is 1. The number of amides is 1. The summed E-state index contributed by atoms with van der Waals surface area (Å²) >= 11 is 12.1. The van der Waals surface area contributed by atoms with Crippen LogP contribution in [0.5, 0.6) is 11.8 Å². The lowest BCUT2D eigenvalue weighted by Gasteiger charge is -2.10. The normalized spacial score (nSPS) is 10.7. The first-order chi connectivity index (χ1) is 11.5. The van der Waals surface area contributed by atoms with Crippen LogP contribution in [0.1, 0.15) is 10.4 Å². The van der Waals surface area contributed by atoms with Gasteiger partial charge in [-0.2, -0.15) is 4.98 Å². The predicted octanol–water partition coefficient (Wildman–Crippen LogP) is 3.53. The first-order valence-corrected chi connectivity index (χ1v) is 7.51. The fraction of sp³-hybridized carbons (Fsp3) is 0.133. The zero-order valence-electron chi connectivity index (χ0n) is 12.7. The number of nitrogens with zero attached hydrogens (tertiary/aromatic N) is 2. The number of carbonyl (C=O) groups is 1. The molecule has 0 bridgehead atoms. The van der Waals surface area contributed by atoms with Crippen molar-refractivity contribution in [1.29, 1.82) is 0 Å². The topological polar surface area (TPSA) is 89.1 Å². The van der Waals surface area contributed by atoms with Crippen LogP contribution in [0, 0.1) is 0 Å². The maximum atomic E-state index is 12.6. The highest BCUT2D eigenvalue weighted by atomic mass is 35.5. The molecule has 124 valence electrons. The Balaban J connectivity index is 2.06. The lowest BCUT2D eigenvalue weighted by molar-refractivity contribution is 0.102. The lowest BCUT2D eigenvalue weighted by atomic mass is 10.1. The van der Waals surface area contributed by atoms with Crippen LogP contribution in [-0.4, -0.2) is 35.1 Å². The molecule has 0 radical (unpaired) electrons. The Morgan fingerprint density at radius 1 is 1.17 bits per heavy atom. The van der Waals surface area contributed by atoms with Gasteiger partial charge in [-0.05, 0) is 12.1 Å². The summed E-state index contributed by atoms with van der Waals surface area (Å²) in [6.07, 6.45) is 2.79. The van der Waals surface area contributed by atoms with E-state index in [2.05, 4.69) is 20.3 Å². The Labute approximate surface area is 146 Å². The van der Waals surface area contributed by atoms with Gasteiger partial charge in [0.2, 0.25) is 0 Å². The minimum absolute atomic E-state index is 0.236. The van der Waals surface area contributed by atoms with Gasteiger partial charge in [0.25, 0.3) is 11.9 Å². The predicted molar refractivity (Wildman–Crippen MR) is 91.4 cm³/mol. The van der Waals surface area contributed by atoms with Gasteiger partial charge in [-0.15, -0.1) is 0 Å². The highest BCUT2D eigenvalue weighted by Crippen LogP contribution is 2.32. The van der Waals surface area contributed by atoms with E-state index in [9.17, 15) is 4.79 Å². The van der Waals surface area contributed by atoms with Crippen LogP contribution in [0.25, 0.3) is 11.0 Å². The average molecular weight is 367 g/mol. The van der Waals surface area contributed by atoms with Crippen molar-refractivity contribution in [2.75, 3.05) is 19.5 Å². The number of halogens is 2. The molecular formula is C15H12Cl2N4O3. The molecule has 0 saturated heterocycles. The van der Waals surface area contributed by atoms with E-state index in [0.29, 0.717) is 22.3 Å². The van der Waals surface area contributed by atoms with E-state index in [1.807, 2.05) is 0 Å². The fourth-order valence-electron chi connectivity index (χ4n) is 2.21. The van der Waals surface area contributed by atoms with Crippen LogP contribution in [-0.2, 0) is 0 Å². The number of imidazole rings is 1. The highest BCUT2D eigenvalue weighted by molar-refractivity contribution is 6.39. The van der Waals surface area contributed by atoms with Crippen molar-refractivity contribution >= 4 is 45.8 Å². The van der Waals surface area contributed by atoms with Crippen LogP contribution in [0.15, 0.2) is 24.5 Å². The van der Waals surface area contributed by atoms with Crippen LogP contribution in [0.2, 0.25) is 10.0 Å². The second-order valence-electron chi connectivity index (χ2n) is 4.72. The standard InChI is InChI=1S/C15H12Cl2N4O3/c1-23-10-4-3-7(11-13(10)21-15(20-11)24-2)14(22)19-12-8(16)5-18-6-9(12)17/h3-6H,1-2H3,(H,20,21)(H,18,19,22). The molecule has 0 aliphatic heterocycles. The number of hydrogen-bond acceptors (Lipinski definition) is 5. The number of aromatic amines is 1. The van der Waals surface area contributed by atoms with Crippen molar-refractivity contribution in [2.45, 2.75) is 0 Å². The number of hydrogen-bond donors (Lipinski definition) is 2. The SMILES string of the molecule is COc1nc2c(C(=O)Nc3c(Cl)cncc3Cl)ccc(OC)c2[nH]1. The molecule has 0 fully saturated rings. The number of benzene rings is 1. The largest absolute Gasteiger partial charge is 0.494 e. The number of nitrogens with one attached hydrogen (secondary N) is 2. The first kappa shape index (κ1) is 16.4. The number of carbonyl (C=O) groups excluding carboxylic acids is 1. The minimum atomic E-state index is -0.424. The molecule has 0 aliphatic rings. The Morgan fingerprint density at radius 2 is 1.88 bits per heavy atom. The Morgan fingerprint density at radius 3 is 2.50 bits per heavy atom. The molecule has 0 spiro atoms. The van der Waals surface area contributed by atoms with Gasteiger partial charge in [-0.3, -0.25) is 9.78 Å². The zero-order valence-corrected chi connectivity index (χ0v) is 14.2. The molecule has 1 amide bonds. The Kier molecular flexibility index (Phi) is 4.46. The maximum Gasteiger partial charge on any atom is 0.294 e. The summed E-state index contributed by atoms with van der Waals surface area (Å²) in [4.78, 5) is 23.7. The molecule has 3 aromatic rings. The molecule has 1 aromatic carbocycles. The lowest BCUT2D eigenvalue weighted by Crippen LogP contribution is -2.13. The van der Waals surface area contributed by atoms with Crippen molar-refractivity contribution in [2.24, 2.45) is 0 Å². The van der Waals surface area contributed by atoms with Crippen molar-refractivity contribution in [3.63, 3.8) is 0 Å². The van der Waals surface area contributed by atoms with Gasteiger partial charge in [0.05, 0.1) is 35.5 Å². The van der Waals surface area contributed by atoms with E-state index in [1.54, 1.807) is 12.1 Å². The summed E-state index contributed by atoms with van der Waals surface area (Å²) in [5, 5.41) is 3.15. The zero-order chi connectivity index (χ0) is 17.3. The Bertz CT molecular complexity index is 906. The number of pyridine rings is 1. The maximum absolute atomic E-state index is 12.6. The second kappa shape index (κ2) is 6.54. The number of fused-ring (bicyclic) bond motifs is 1. The molecule has 0 saturated carbocycles. The molecule has 0 aliphatic carbocycles. The van der Waals surface area contributed by atoms with Gasteiger partial charge in [-0.1, -0.05) is 23.2 Å². The molecule has 2 N–H and O–H groups in total. The minimum Gasteiger partial charge on any atom is -0.494 e. The van der Waals surface area contributed by atoms with Crippen LogP contribution >= 0.6 is 23.2 Å². The molecule has 2 aromatic heterocycles. The second-order valence-corrected chi connectivity index (χ2v) is 5.53. The first-order valence-electron chi connectivity index (χ1n) is 6.76. The van der Waals surface area contributed by atoms with E-state index >= 15 is 0 Å². The number of ether oxygens (including phenoxy) is 2. The molecular weight excluding hydrogens is 355 g/mol. The van der Waals surface area contributed by atoms with E-state index in [4.69, 9.17) is 32.7 Å². The third-order valence-corrected chi connectivity index (χ3v) is 3.91. The van der Waals surface area contributed by atoms with Crippen molar-refractivity contribution < 1.29 is 14.3 Å². The van der Waals surface area contributed by atoms with Gasteiger partial charge in [0.15, 0.2) is 0 Å². The van der Waals surface area contributed by atoms with E-state index in [1.165, 1.54) is 26.6 Å². The smallest absolute Gasteiger partial charge is 0.294 e. The number of aromatic nitrogens is 3. The van der Waals surface area contributed by atoms with E-state index < -0.39 is 5.91 Å². The molecule has 0 atom stereocenters. The van der Waals surface area contributed by atoms with E-state index in [-0.39, 0.29) is 21.7 Å². The van der Waals surface area contributed by atoms with Crippen molar-refractivity contribution in [3.8, 4) is 11.8 Å². The molecule has 7 nitrogen and oxygen atoms in total. The summed E-state index contributed by atoms with van der Waals surface area (Å²) in [5.74, 6) is 0.115. The highest BCUT2D eigenvalue weighted by Gasteiger charge is 2.19. The molecule has 24 heavy (non-hydrogen) atoms. The monoisotopic (exact) mass is 366 g/mol. The number of methoxy groups -OCH3 is 2. The summed E-state index contributed by atoms with van der Waals surface area (Å²) in [5.41, 5.74) is 1.55. The molecule has 0 unspecified atom stereocenters. The van der Waals surface area contributed by atoms with Crippen molar-refractivity contribution in [3.05, 3.63) is 40.1 Å². The molecule has 9 heteroatoms. The Hall–Kier alpha value is -2.51. The van der Waals surface area contributed by atoms with E-state index in [0.717, 1.165) is 0 Å². The average Bonchev–Trinajstić information content (AvgIpc) is 3.01. The number of H-pyrrole nitrogens is 1. The third-order valence-electron chi connectivity index (χ3n) is 3.33. The molecule has 2 heterocycles. The van der Waals surface area contributed by atoms with Gasteiger partial charge < -0.3 is 19.8 Å². The summed E-state index contributed by atoms with van der Waals surface area (Å²) in [6, 6.07) is 3.52. The van der Waals surface area contributed by atoms with Crippen LogP contribution in [0.4, 0.5) is 5.69 Å². The van der Waals surface area contributed by atoms with Gasteiger partial charge in [0.1, 0.15) is 16.8 Å². The summed E-state index contributed by atoms with van der Waals surface area (Å²) in [6.45, 7) is 0. The quantitative estimate of drug-likeness (QED) is 0.736. The fourth-order valence-corrected chi connectivity index (χ4v) is 2.67. The summed E-state index contributed by atoms with van der Waals surface area (Å²) in [7, 11) is 3.00. The van der Waals surface area contributed by atoms with Gasteiger partial charge in [-0.25, -0.2) is 0 Å². The molecule has 3 rings (SSSR count). The summed E-state index contributed by atoms with van der Waals surface area (Å²) < 4.78 is 10.4. The third kappa shape index (κ3) is 2.83. The van der Waals surface area contributed by atoms with Crippen LogP contribution in [0.3, 0.4) is 0 Å². The van der Waals surface area contributed by atoms with Crippen molar-refractivity contribution in [1.82, 2.24) is 15.0 Å². The van der Waals surface area contributed by atoms with Crippen LogP contribution < -0.4 is 14.8 Å². The van der Waals surface area contributed by atoms with Gasteiger partial charge >= 0.3 is 0 Å².